The first-order chi connectivity index (χ1) is 13.2. The molecule has 2 saturated heterocycles. The van der Waals surface area contributed by atoms with Gasteiger partial charge in [0.05, 0.1) is 5.69 Å². The topological polar surface area (TPSA) is 68.2 Å². The fourth-order valence-corrected chi connectivity index (χ4v) is 4.73. The molecule has 2 aromatic heterocycles. The second-order valence-corrected chi connectivity index (χ2v) is 7.55. The zero-order valence-electron chi connectivity index (χ0n) is 15.8. The molecule has 0 saturated carbocycles. The van der Waals surface area contributed by atoms with E-state index in [9.17, 15) is 0 Å². The molecule has 0 aliphatic carbocycles. The molecule has 1 aromatic carbocycles. The van der Waals surface area contributed by atoms with E-state index in [0.29, 0.717) is 35.5 Å². The largest absolute Gasteiger partial charge is 0.435 e. The maximum atomic E-state index is 5.78. The molecule has 3 atom stereocenters. The van der Waals surface area contributed by atoms with Crippen LogP contribution in [0, 0.1) is 6.92 Å². The standard InChI is InChI=1S/C21H24N4O2/c1-3-18-22-13(2)19(26-18)21-23-20(24-27-21)15-12-17(14-8-5-4-6-9-14)25-11-7-10-16(15)25/h4-6,8-9,15-17H,3,7,10-12H2,1-2H3/t15-,16+,17-/m1/s1. The third-order valence-electron chi connectivity index (χ3n) is 5.98. The zero-order chi connectivity index (χ0) is 18.4. The normalized spacial score (nSPS) is 25.2. The summed E-state index contributed by atoms with van der Waals surface area (Å²) in [6.07, 6.45) is 4.21. The van der Waals surface area contributed by atoms with Crippen LogP contribution in [0.2, 0.25) is 0 Å². The van der Waals surface area contributed by atoms with E-state index in [1.54, 1.807) is 0 Å². The van der Waals surface area contributed by atoms with E-state index in [1.807, 2.05) is 13.8 Å². The Balaban J connectivity index is 1.45. The summed E-state index contributed by atoms with van der Waals surface area (Å²) in [6.45, 7) is 5.08. The van der Waals surface area contributed by atoms with Gasteiger partial charge in [0, 0.05) is 24.4 Å². The summed E-state index contributed by atoms with van der Waals surface area (Å²) < 4.78 is 11.4. The Labute approximate surface area is 158 Å². The minimum Gasteiger partial charge on any atom is -0.435 e. The van der Waals surface area contributed by atoms with Crippen LogP contribution in [-0.2, 0) is 6.42 Å². The zero-order valence-corrected chi connectivity index (χ0v) is 15.8. The van der Waals surface area contributed by atoms with Crippen molar-refractivity contribution in [1.82, 2.24) is 20.0 Å². The van der Waals surface area contributed by atoms with E-state index >= 15 is 0 Å². The molecule has 3 aromatic rings. The molecule has 0 N–H and O–H groups in total. The van der Waals surface area contributed by atoms with Crippen LogP contribution in [0.3, 0.4) is 0 Å². The number of aryl methyl sites for hydroxylation is 2. The van der Waals surface area contributed by atoms with Crippen molar-refractivity contribution in [3.05, 3.63) is 53.3 Å². The predicted octanol–water partition coefficient (Wildman–Crippen LogP) is 4.29. The molecule has 2 aliphatic rings. The molecule has 5 rings (SSSR count). The highest BCUT2D eigenvalue weighted by atomic mass is 16.5. The van der Waals surface area contributed by atoms with Gasteiger partial charge >= 0.3 is 0 Å². The number of hydrogen-bond acceptors (Lipinski definition) is 6. The Morgan fingerprint density at radius 3 is 2.81 bits per heavy atom. The van der Waals surface area contributed by atoms with Gasteiger partial charge in [-0.25, -0.2) is 4.98 Å². The van der Waals surface area contributed by atoms with Crippen LogP contribution in [0.4, 0.5) is 0 Å². The number of benzene rings is 1. The lowest BCUT2D eigenvalue weighted by Gasteiger charge is -2.24. The summed E-state index contributed by atoms with van der Waals surface area (Å²) >= 11 is 0. The molecule has 0 bridgehead atoms. The fraction of sp³-hybridized carbons (Fsp3) is 0.476. The van der Waals surface area contributed by atoms with Gasteiger partial charge in [0.2, 0.25) is 5.76 Å². The van der Waals surface area contributed by atoms with Crippen LogP contribution in [0.5, 0.6) is 0 Å². The van der Waals surface area contributed by atoms with Gasteiger partial charge in [0.25, 0.3) is 5.89 Å². The van der Waals surface area contributed by atoms with Crippen molar-refractivity contribution in [3.8, 4) is 11.7 Å². The van der Waals surface area contributed by atoms with E-state index in [-0.39, 0.29) is 0 Å². The molecule has 0 radical (unpaired) electrons. The van der Waals surface area contributed by atoms with Crippen molar-refractivity contribution in [3.63, 3.8) is 0 Å². The first kappa shape index (κ1) is 16.7. The Bertz CT molecular complexity index is 933. The lowest BCUT2D eigenvalue weighted by molar-refractivity contribution is 0.243. The maximum Gasteiger partial charge on any atom is 0.295 e. The molecule has 2 fully saturated rings. The summed E-state index contributed by atoms with van der Waals surface area (Å²) in [7, 11) is 0. The van der Waals surface area contributed by atoms with E-state index in [4.69, 9.17) is 13.9 Å². The van der Waals surface area contributed by atoms with Gasteiger partial charge < -0.3 is 8.94 Å². The van der Waals surface area contributed by atoms with Crippen molar-refractivity contribution in [2.45, 2.75) is 57.5 Å². The number of nitrogens with zero attached hydrogens (tertiary/aromatic N) is 4. The van der Waals surface area contributed by atoms with Gasteiger partial charge in [0.1, 0.15) is 0 Å². The van der Waals surface area contributed by atoms with E-state index in [0.717, 1.165) is 30.9 Å². The number of hydrogen-bond donors (Lipinski definition) is 0. The summed E-state index contributed by atoms with van der Waals surface area (Å²) in [4.78, 5) is 11.8. The van der Waals surface area contributed by atoms with Crippen LogP contribution in [0.25, 0.3) is 11.7 Å². The highest BCUT2D eigenvalue weighted by Crippen LogP contribution is 2.48. The monoisotopic (exact) mass is 364 g/mol. The number of rotatable bonds is 4. The molecule has 6 nitrogen and oxygen atoms in total. The lowest BCUT2D eigenvalue weighted by Crippen LogP contribution is -2.27. The highest BCUT2D eigenvalue weighted by molar-refractivity contribution is 5.47. The molecule has 4 heterocycles. The number of aromatic nitrogens is 3. The fourth-order valence-electron chi connectivity index (χ4n) is 4.73. The smallest absolute Gasteiger partial charge is 0.295 e. The minimum absolute atomic E-state index is 0.295. The lowest BCUT2D eigenvalue weighted by atomic mass is 9.94. The Morgan fingerprint density at radius 1 is 1.19 bits per heavy atom. The summed E-state index contributed by atoms with van der Waals surface area (Å²) in [6, 6.07) is 11.7. The van der Waals surface area contributed by atoms with E-state index in [2.05, 4.69) is 45.4 Å². The molecular formula is C21H24N4O2. The second-order valence-electron chi connectivity index (χ2n) is 7.55. The van der Waals surface area contributed by atoms with Gasteiger partial charge in [-0.05, 0) is 38.3 Å². The van der Waals surface area contributed by atoms with E-state index < -0.39 is 0 Å². The first-order valence-corrected chi connectivity index (χ1v) is 9.85. The van der Waals surface area contributed by atoms with Crippen LogP contribution in [-0.4, -0.2) is 32.6 Å². The van der Waals surface area contributed by atoms with Crippen molar-refractivity contribution in [2.24, 2.45) is 0 Å². The second kappa shape index (κ2) is 6.60. The summed E-state index contributed by atoms with van der Waals surface area (Å²) in [5.41, 5.74) is 2.19. The average Bonchev–Trinajstić information content (AvgIpc) is 3.45. The van der Waals surface area contributed by atoms with Gasteiger partial charge in [-0.2, -0.15) is 4.98 Å². The quantitative estimate of drug-likeness (QED) is 0.688. The predicted molar refractivity (Wildman–Crippen MR) is 100 cm³/mol. The van der Waals surface area contributed by atoms with E-state index in [1.165, 1.54) is 18.4 Å². The molecule has 140 valence electrons. The third-order valence-corrected chi connectivity index (χ3v) is 5.98. The van der Waals surface area contributed by atoms with Gasteiger partial charge in [0.15, 0.2) is 11.7 Å². The minimum atomic E-state index is 0.295. The van der Waals surface area contributed by atoms with Crippen LogP contribution >= 0.6 is 0 Å². The van der Waals surface area contributed by atoms with Crippen molar-refractivity contribution in [2.75, 3.05) is 6.54 Å². The number of fused-ring (bicyclic) bond motifs is 1. The van der Waals surface area contributed by atoms with Crippen LogP contribution < -0.4 is 0 Å². The highest BCUT2D eigenvalue weighted by Gasteiger charge is 2.46. The first-order valence-electron chi connectivity index (χ1n) is 9.85. The van der Waals surface area contributed by atoms with Crippen LogP contribution in [0.1, 0.15) is 61.1 Å². The molecule has 0 unspecified atom stereocenters. The Kier molecular flexibility index (Phi) is 4.08. The maximum absolute atomic E-state index is 5.78. The van der Waals surface area contributed by atoms with Crippen LogP contribution in [0.15, 0.2) is 39.3 Å². The molecular weight excluding hydrogens is 340 g/mol. The van der Waals surface area contributed by atoms with Crippen molar-refractivity contribution in [1.29, 1.82) is 0 Å². The van der Waals surface area contributed by atoms with Crippen molar-refractivity contribution < 1.29 is 8.94 Å². The Morgan fingerprint density at radius 2 is 2.04 bits per heavy atom. The summed E-state index contributed by atoms with van der Waals surface area (Å²) in [5.74, 6) is 2.85. The SMILES string of the molecule is CCc1nc(C)c(-c2nc([C@@H]3C[C@H](c4ccccc4)N4CCC[C@@H]34)no2)o1. The van der Waals surface area contributed by atoms with Gasteiger partial charge in [-0.15, -0.1) is 0 Å². The molecule has 0 spiro atoms. The van der Waals surface area contributed by atoms with Crippen molar-refractivity contribution >= 4 is 0 Å². The third kappa shape index (κ3) is 2.79. The Hall–Kier alpha value is -2.47. The average molecular weight is 364 g/mol. The number of oxazole rings is 1. The van der Waals surface area contributed by atoms with Gasteiger partial charge in [-0.1, -0.05) is 42.4 Å². The summed E-state index contributed by atoms with van der Waals surface area (Å²) in [5, 5.41) is 4.34. The van der Waals surface area contributed by atoms with Gasteiger partial charge in [-0.3, -0.25) is 4.90 Å². The molecule has 2 aliphatic heterocycles. The molecule has 0 amide bonds. The molecule has 27 heavy (non-hydrogen) atoms. The molecule has 6 heteroatoms.